The third kappa shape index (κ3) is 4.50. The summed E-state index contributed by atoms with van der Waals surface area (Å²) in [6, 6.07) is 8.19. The van der Waals surface area contributed by atoms with Gasteiger partial charge in [0.15, 0.2) is 0 Å². The molecule has 1 atom stereocenters. The Labute approximate surface area is 235 Å². The van der Waals surface area contributed by atoms with Crippen molar-refractivity contribution < 1.29 is 9.53 Å². The van der Waals surface area contributed by atoms with E-state index in [0.717, 1.165) is 55.2 Å². The average molecular weight is 540 g/mol. The molecule has 1 aromatic carbocycles. The molecule has 1 spiro atoms. The first-order valence-electron chi connectivity index (χ1n) is 14.4. The molecule has 0 radical (unpaired) electrons. The SMILES string of the molecule is CCOc1cc([C@H](C)N2CC3(CCC3)c3c(CN4CCC4)cc(Cn4ccnc4NC)cc3C2=O)ncc1C#N. The Balaban J connectivity index is 1.41. The molecule has 2 aromatic heterocycles. The minimum Gasteiger partial charge on any atom is -0.492 e. The molecule has 1 aliphatic carbocycles. The highest BCUT2D eigenvalue weighted by Crippen LogP contribution is 2.51. The van der Waals surface area contributed by atoms with E-state index in [1.165, 1.54) is 24.0 Å². The van der Waals surface area contributed by atoms with E-state index < -0.39 is 0 Å². The first-order chi connectivity index (χ1) is 19.5. The van der Waals surface area contributed by atoms with E-state index in [1.807, 2.05) is 38.1 Å². The van der Waals surface area contributed by atoms with Crippen LogP contribution in [0.25, 0.3) is 0 Å². The largest absolute Gasteiger partial charge is 0.492 e. The van der Waals surface area contributed by atoms with Crippen molar-refractivity contribution in [2.75, 3.05) is 38.6 Å². The van der Waals surface area contributed by atoms with Gasteiger partial charge in [0.2, 0.25) is 5.95 Å². The van der Waals surface area contributed by atoms with Crippen LogP contribution in [-0.2, 0) is 18.5 Å². The summed E-state index contributed by atoms with van der Waals surface area (Å²) in [6.07, 6.45) is 9.90. The maximum absolute atomic E-state index is 14.4. The van der Waals surface area contributed by atoms with Gasteiger partial charge in [0.05, 0.1) is 24.9 Å². The summed E-state index contributed by atoms with van der Waals surface area (Å²) in [6.45, 7) is 8.83. The van der Waals surface area contributed by atoms with Gasteiger partial charge < -0.3 is 19.5 Å². The van der Waals surface area contributed by atoms with Crippen LogP contribution < -0.4 is 10.1 Å². The number of amides is 1. The Morgan fingerprint density at radius 3 is 2.65 bits per heavy atom. The monoisotopic (exact) mass is 539 g/mol. The van der Waals surface area contributed by atoms with Crippen molar-refractivity contribution in [1.82, 2.24) is 24.3 Å². The first-order valence-corrected chi connectivity index (χ1v) is 14.4. The zero-order chi connectivity index (χ0) is 27.9. The predicted molar refractivity (Wildman–Crippen MR) is 152 cm³/mol. The van der Waals surface area contributed by atoms with Crippen LogP contribution in [0.1, 0.15) is 83.9 Å². The molecular weight excluding hydrogens is 502 g/mol. The number of ether oxygens (including phenoxy) is 1. The highest BCUT2D eigenvalue weighted by Gasteiger charge is 2.49. The number of nitrogens with one attached hydrogen (secondary N) is 1. The lowest BCUT2D eigenvalue weighted by Gasteiger charge is -2.52. The summed E-state index contributed by atoms with van der Waals surface area (Å²) >= 11 is 0. The minimum absolute atomic E-state index is 0.0310. The van der Waals surface area contributed by atoms with Gasteiger partial charge in [-0.2, -0.15) is 5.26 Å². The van der Waals surface area contributed by atoms with Crippen LogP contribution in [0.15, 0.2) is 36.8 Å². The summed E-state index contributed by atoms with van der Waals surface area (Å²) < 4.78 is 7.81. The van der Waals surface area contributed by atoms with Gasteiger partial charge in [-0.05, 0) is 69.0 Å². The number of carbonyl (C=O) groups is 1. The Kier molecular flexibility index (Phi) is 6.97. The molecular formula is C31H37N7O2. The maximum Gasteiger partial charge on any atom is 0.254 e. The Hall–Kier alpha value is -3.90. The molecule has 1 saturated heterocycles. The number of carbonyl (C=O) groups excluding carboxylic acids is 1. The van der Waals surface area contributed by atoms with E-state index in [4.69, 9.17) is 4.74 Å². The summed E-state index contributed by atoms with van der Waals surface area (Å²) in [7, 11) is 1.87. The molecule has 4 heterocycles. The molecule has 6 rings (SSSR count). The third-order valence-corrected chi connectivity index (χ3v) is 8.92. The van der Waals surface area contributed by atoms with E-state index in [9.17, 15) is 10.1 Å². The highest BCUT2D eigenvalue weighted by molar-refractivity contribution is 5.98. The van der Waals surface area contributed by atoms with E-state index >= 15 is 0 Å². The van der Waals surface area contributed by atoms with Gasteiger partial charge in [-0.25, -0.2) is 4.98 Å². The average Bonchev–Trinajstić information content (AvgIpc) is 3.37. The number of benzene rings is 1. The molecule has 0 bridgehead atoms. The van der Waals surface area contributed by atoms with Gasteiger partial charge >= 0.3 is 0 Å². The second kappa shape index (κ2) is 10.6. The van der Waals surface area contributed by atoms with Crippen LogP contribution in [0, 0.1) is 11.3 Å². The van der Waals surface area contributed by atoms with Gasteiger partial charge in [-0.15, -0.1) is 0 Å². The van der Waals surface area contributed by atoms with Crippen LogP contribution >= 0.6 is 0 Å². The van der Waals surface area contributed by atoms with Crippen LogP contribution in [0.3, 0.4) is 0 Å². The minimum atomic E-state index is -0.253. The Morgan fingerprint density at radius 1 is 1.18 bits per heavy atom. The van der Waals surface area contributed by atoms with Gasteiger partial charge in [0.1, 0.15) is 17.4 Å². The molecule has 40 heavy (non-hydrogen) atoms. The number of nitrogens with zero attached hydrogens (tertiary/aromatic N) is 6. The predicted octanol–water partition coefficient (Wildman–Crippen LogP) is 4.48. The lowest BCUT2D eigenvalue weighted by Crippen LogP contribution is -2.54. The molecule has 3 aromatic rings. The van der Waals surface area contributed by atoms with E-state index in [1.54, 1.807) is 12.4 Å². The fourth-order valence-corrected chi connectivity index (χ4v) is 6.58. The van der Waals surface area contributed by atoms with Crippen molar-refractivity contribution in [3.8, 4) is 11.8 Å². The molecule has 0 unspecified atom stereocenters. The number of pyridine rings is 1. The van der Waals surface area contributed by atoms with Crippen LogP contribution in [0.5, 0.6) is 5.75 Å². The van der Waals surface area contributed by atoms with Crippen molar-refractivity contribution in [3.63, 3.8) is 0 Å². The van der Waals surface area contributed by atoms with Crippen LogP contribution in [0.4, 0.5) is 5.95 Å². The fraction of sp³-hybridized carbons (Fsp3) is 0.484. The molecule has 2 fully saturated rings. The number of likely N-dealkylation sites (tertiary alicyclic amines) is 1. The Morgan fingerprint density at radius 2 is 2.00 bits per heavy atom. The number of fused-ring (bicyclic) bond motifs is 2. The lowest BCUT2D eigenvalue weighted by atomic mass is 9.60. The second-order valence-corrected chi connectivity index (χ2v) is 11.3. The van der Waals surface area contributed by atoms with E-state index in [-0.39, 0.29) is 17.4 Å². The summed E-state index contributed by atoms with van der Waals surface area (Å²) in [5.41, 5.74) is 5.62. The molecule has 208 valence electrons. The molecule has 1 N–H and O–H groups in total. The number of rotatable bonds is 9. The van der Waals surface area contributed by atoms with Crippen molar-refractivity contribution in [3.05, 3.63) is 70.3 Å². The van der Waals surface area contributed by atoms with Gasteiger partial charge in [-0.1, -0.05) is 12.5 Å². The normalized spacial score (nSPS) is 18.4. The van der Waals surface area contributed by atoms with Crippen LogP contribution in [0.2, 0.25) is 0 Å². The Bertz CT molecular complexity index is 1460. The number of aromatic nitrogens is 3. The standard InChI is InChI=1S/C31H37N7O2/c1-4-40-27-15-26(35-17-24(27)16-32)21(2)38-20-31(7-5-8-31)28-23(19-36-10-6-11-36)13-22(14-25(28)29(38)39)18-37-12-9-34-30(37)33-3/h9,12-15,17,21H,4-8,10-11,18-20H2,1-3H3,(H,33,34)/t21-/m0/s1. The van der Waals surface area contributed by atoms with Crippen molar-refractivity contribution >= 4 is 11.9 Å². The quantitative estimate of drug-likeness (QED) is 0.428. The fourth-order valence-electron chi connectivity index (χ4n) is 6.58. The molecule has 2 aliphatic heterocycles. The smallest absolute Gasteiger partial charge is 0.254 e. The maximum atomic E-state index is 14.4. The number of nitriles is 1. The summed E-state index contributed by atoms with van der Waals surface area (Å²) in [4.78, 5) is 27.8. The number of anilines is 1. The van der Waals surface area contributed by atoms with Gasteiger partial charge in [0.25, 0.3) is 5.91 Å². The van der Waals surface area contributed by atoms with Crippen molar-refractivity contribution in [1.29, 1.82) is 5.26 Å². The van der Waals surface area contributed by atoms with Gasteiger partial charge in [0, 0.05) is 55.8 Å². The zero-order valence-corrected chi connectivity index (χ0v) is 23.6. The lowest BCUT2D eigenvalue weighted by molar-refractivity contribution is 0.0480. The molecule has 9 nitrogen and oxygen atoms in total. The van der Waals surface area contributed by atoms with Crippen molar-refractivity contribution in [2.24, 2.45) is 0 Å². The van der Waals surface area contributed by atoms with E-state index in [2.05, 4.69) is 43.0 Å². The molecule has 3 aliphatic rings. The summed E-state index contributed by atoms with van der Waals surface area (Å²) in [5.74, 6) is 1.37. The summed E-state index contributed by atoms with van der Waals surface area (Å²) in [5, 5.41) is 12.7. The molecule has 1 amide bonds. The third-order valence-electron chi connectivity index (χ3n) is 8.92. The number of hydrogen-bond acceptors (Lipinski definition) is 7. The number of hydrogen-bond donors (Lipinski definition) is 1. The number of imidazole rings is 1. The highest BCUT2D eigenvalue weighted by atomic mass is 16.5. The first kappa shape index (κ1) is 26.3. The topological polar surface area (TPSA) is 99.3 Å². The van der Waals surface area contributed by atoms with E-state index in [0.29, 0.717) is 31.0 Å². The zero-order valence-electron chi connectivity index (χ0n) is 23.6. The van der Waals surface area contributed by atoms with Crippen molar-refractivity contribution in [2.45, 2.75) is 64.1 Å². The molecule has 9 heteroatoms. The molecule has 1 saturated carbocycles. The van der Waals surface area contributed by atoms with Crippen LogP contribution in [-0.4, -0.2) is 63.5 Å². The second-order valence-electron chi connectivity index (χ2n) is 11.3. The van der Waals surface area contributed by atoms with Gasteiger partial charge in [-0.3, -0.25) is 14.7 Å².